The molecular weight excluding hydrogens is 262 g/mol. The summed E-state index contributed by atoms with van der Waals surface area (Å²) in [6.45, 7) is 1.81. The van der Waals surface area contributed by atoms with Crippen LogP contribution in [0.5, 0.6) is 0 Å². The zero-order valence-electron chi connectivity index (χ0n) is 11.7. The van der Waals surface area contributed by atoms with Crippen LogP contribution >= 0.6 is 0 Å². The van der Waals surface area contributed by atoms with E-state index in [9.17, 15) is 4.79 Å². The number of hydrogen-bond acceptors (Lipinski definition) is 2. The maximum absolute atomic E-state index is 12.2. The van der Waals surface area contributed by atoms with Gasteiger partial charge in [0.15, 0.2) is 0 Å². The first kappa shape index (κ1) is 13.1. The van der Waals surface area contributed by atoms with Gasteiger partial charge in [-0.05, 0) is 36.8 Å². The second-order valence-corrected chi connectivity index (χ2v) is 4.81. The average molecular weight is 277 g/mol. The first-order chi connectivity index (χ1) is 10.2. The summed E-state index contributed by atoms with van der Waals surface area (Å²) in [6, 6.07) is 15.4. The topological polar surface area (TPSA) is 46.4 Å². The molecule has 0 unspecified atom stereocenters. The lowest BCUT2D eigenvalue weighted by Gasteiger charge is -2.06. The number of carbonyl (C=O) groups is 1. The molecule has 0 saturated heterocycles. The SMILES string of the molecule is C/C(=C\c1ccccc1)C(=O)Nc1ccn2nccc2c1. The van der Waals surface area contributed by atoms with Crippen LogP contribution in [-0.2, 0) is 4.79 Å². The summed E-state index contributed by atoms with van der Waals surface area (Å²) in [5.41, 5.74) is 3.37. The van der Waals surface area contributed by atoms with E-state index >= 15 is 0 Å². The Morgan fingerprint density at radius 3 is 2.81 bits per heavy atom. The second-order valence-electron chi connectivity index (χ2n) is 4.81. The predicted octanol–water partition coefficient (Wildman–Crippen LogP) is 3.38. The van der Waals surface area contributed by atoms with Gasteiger partial charge >= 0.3 is 0 Å². The van der Waals surface area contributed by atoms with Gasteiger partial charge in [-0.25, -0.2) is 4.52 Å². The molecule has 0 bridgehead atoms. The Labute approximate surface area is 122 Å². The third kappa shape index (κ3) is 3.00. The van der Waals surface area contributed by atoms with Gasteiger partial charge in [0.25, 0.3) is 5.91 Å². The number of hydrogen-bond donors (Lipinski definition) is 1. The Balaban J connectivity index is 1.77. The highest BCUT2D eigenvalue weighted by atomic mass is 16.1. The normalized spacial score (nSPS) is 11.6. The number of pyridine rings is 1. The highest BCUT2D eigenvalue weighted by Gasteiger charge is 2.05. The number of anilines is 1. The van der Waals surface area contributed by atoms with Gasteiger partial charge < -0.3 is 5.32 Å². The van der Waals surface area contributed by atoms with Crippen molar-refractivity contribution in [3.05, 3.63) is 72.1 Å². The van der Waals surface area contributed by atoms with Gasteiger partial charge in [-0.2, -0.15) is 5.10 Å². The van der Waals surface area contributed by atoms with Crippen LogP contribution < -0.4 is 5.32 Å². The molecule has 0 aliphatic carbocycles. The number of rotatable bonds is 3. The van der Waals surface area contributed by atoms with E-state index in [-0.39, 0.29) is 5.91 Å². The number of nitrogens with one attached hydrogen (secondary N) is 1. The van der Waals surface area contributed by atoms with Gasteiger partial charge in [-0.3, -0.25) is 4.79 Å². The smallest absolute Gasteiger partial charge is 0.251 e. The number of aromatic nitrogens is 2. The van der Waals surface area contributed by atoms with Crippen LogP contribution in [-0.4, -0.2) is 15.5 Å². The quantitative estimate of drug-likeness (QED) is 0.746. The molecule has 2 aromatic heterocycles. The minimum atomic E-state index is -0.109. The highest BCUT2D eigenvalue weighted by Crippen LogP contribution is 2.13. The molecule has 0 aliphatic heterocycles. The molecule has 1 aromatic carbocycles. The molecule has 21 heavy (non-hydrogen) atoms. The first-order valence-electron chi connectivity index (χ1n) is 6.70. The monoisotopic (exact) mass is 277 g/mol. The third-order valence-electron chi connectivity index (χ3n) is 3.20. The minimum absolute atomic E-state index is 0.109. The van der Waals surface area contributed by atoms with Gasteiger partial charge in [-0.15, -0.1) is 0 Å². The van der Waals surface area contributed by atoms with Gasteiger partial charge in [0, 0.05) is 23.7 Å². The van der Waals surface area contributed by atoms with Crippen molar-refractivity contribution < 1.29 is 4.79 Å². The summed E-state index contributed by atoms with van der Waals surface area (Å²) < 4.78 is 1.75. The molecule has 0 aliphatic rings. The van der Waals surface area contributed by atoms with Gasteiger partial charge in [-0.1, -0.05) is 30.3 Å². The zero-order chi connectivity index (χ0) is 14.7. The summed E-state index contributed by atoms with van der Waals surface area (Å²) in [5.74, 6) is -0.109. The molecule has 0 fully saturated rings. The number of amides is 1. The van der Waals surface area contributed by atoms with E-state index in [0.29, 0.717) is 5.57 Å². The maximum atomic E-state index is 12.2. The molecule has 0 radical (unpaired) electrons. The van der Waals surface area contributed by atoms with Crippen molar-refractivity contribution in [2.75, 3.05) is 5.32 Å². The molecule has 1 N–H and O–H groups in total. The van der Waals surface area contributed by atoms with Crippen LogP contribution in [0.3, 0.4) is 0 Å². The van der Waals surface area contributed by atoms with Crippen LogP contribution in [0.1, 0.15) is 12.5 Å². The molecule has 104 valence electrons. The Kier molecular flexibility index (Phi) is 3.51. The number of fused-ring (bicyclic) bond motifs is 1. The van der Waals surface area contributed by atoms with Crippen molar-refractivity contribution in [3.8, 4) is 0 Å². The molecule has 4 nitrogen and oxygen atoms in total. The van der Waals surface area contributed by atoms with E-state index in [0.717, 1.165) is 16.8 Å². The van der Waals surface area contributed by atoms with E-state index in [4.69, 9.17) is 0 Å². The van der Waals surface area contributed by atoms with Crippen molar-refractivity contribution in [3.63, 3.8) is 0 Å². The van der Waals surface area contributed by atoms with E-state index in [1.54, 1.807) is 17.6 Å². The summed E-state index contributed by atoms with van der Waals surface area (Å²) in [4.78, 5) is 12.2. The molecule has 1 amide bonds. The molecule has 3 aromatic rings. The average Bonchev–Trinajstić information content (AvgIpc) is 2.95. The first-order valence-corrected chi connectivity index (χ1v) is 6.70. The molecule has 4 heteroatoms. The molecule has 3 rings (SSSR count). The summed E-state index contributed by atoms with van der Waals surface area (Å²) in [5, 5.41) is 7.02. The predicted molar refractivity (Wildman–Crippen MR) is 83.9 cm³/mol. The van der Waals surface area contributed by atoms with Crippen molar-refractivity contribution in [2.45, 2.75) is 6.92 Å². The summed E-state index contributed by atoms with van der Waals surface area (Å²) in [6.07, 6.45) is 5.41. The fraction of sp³-hybridized carbons (Fsp3) is 0.0588. The van der Waals surface area contributed by atoms with Gasteiger partial charge in [0.05, 0.1) is 5.52 Å². The van der Waals surface area contributed by atoms with Crippen molar-refractivity contribution in [1.29, 1.82) is 0 Å². The Hall–Kier alpha value is -2.88. The van der Waals surface area contributed by atoms with Crippen LogP contribution in [0, 0.1) is 0 Å². The van der Waals surface area contributed by atoms with Gasteiger partial charge in [0.2, 0.25) is 0 Å². The number of nitrogens with zero attached hydrogens (tertiary/aromatic N) is 2. The fourth-order valence-electron chi connectivity index (χ4n) is 2.09. The third-order valence-corrected chi connectivity index (χ3v) is 3.20. The Bertz CT molecular complexity index is 803. The van der Waals surface area contributed by atoms with Crippen LogP contribution in [0.15, 0.2) is 66.5 Å². The van der Waals surface area contributed by atoms with E-state index in [1.165, 1.54) is 0 Å². The van der Waals surface area contributed by atoms with Crippen LogP contribution in [0.2, 0.25) is 0 Å². The Morgan fingerprint density at radius 2 is 2.00 bits per heavy atom. The second kappa shape index (κ2) is 5.63. The molecule has 0 spiro atoms. The lowest BCUT2D eigenvalue weighted by atomic mass is 10.1. The minimum Gasteiger partial charge on any atom is -0.322 e. The van der Waals surface area contributed by atoms with E-state index in [2.05, 4.69) is 10.4 Å². The molecular formula is C17H15N3O. The zero-order valence-corrected chi connectivity index (χ0v) is 11.7. The van der Waals surface area contributed by atoms with Crippen LogP contribution in [0.25, 0.3) is 11.6 Å². The Morgan fingerprint density at radius 1 is 1.19 bits per heavy atom. The van der Waals surface area contributed by atoms with Crippen molar-refractivity contribution in [1.82, 2.24) is 9.61 Å². The summed E-state index contributed by atoms with van der Waals surface area (Å²) >= 11 is 0. The van der Waals surface area contributed by atoms with Crippen molar-refractivity contribution in [2.24, 2.45) is 0 Å². The van der Waals surface area contributed by atoms with Crippen LogP contribution in [0.4, 0.5) is 5.69 Å². The molecule has 0 atom stereocenters. The lowest BCUT2D eigenvalue weighted by molar-refractivity contribution is -0.112. The van der Waals surface area contributed by atoms with E-state index in [1.807, 2.05) is 60.8 Å². The van der Waals surface area contributed by atoms with Gasteiger partial charge in [0.1, 0.15) is 0 Å². The summed E-state index contributed by atoms with van der Waals surface area (Å²) in [7, 11) is 0. The fourth-order valence-corrected chi connectivity index (χ4v) is 2.09. The molecule has 0 saturated carbocycles. The highest BCUT2D eigenvalue weighted by molar-refractivity contribution is 6.06. The number of carbonyl (C=O) groups excluding carboxylic acids is 1. The standard InChI is InChI=1S/C17H15N3O/c1-13(11-14-5-3-2-4-6-14)17(21)19-15-8-10-20-16(12-15)7-9-18-20/h2-12H,1H3,(H,19,21)/b13-11+. The maximum Gasteiger partial charge on any atom is 0.251 e. The number of benzene rings is 1. The largest absolute Gasteiger partial charge is 0.322 e. The van der Waals surface area contributed by atoms with Crippen molar-refractivity contribution >= 4 is 23.2 Å². The lowest BCUT2D eigenvalue weighted by Crippen LogP contribution is -2.12. The van der Waals surface area contributed by atoms with E-state index < -0.39 is 0 Å². The molecule has 2 heterocycles.